The molecule has 0 saturated carbocycles. The molecule has 23 heavy (non-hydrogen) atoms. The van der Waals surface area contributed by atoms with E-state index >= 15 is 0 Å². The minimum Gasteiger partial charge on any atom is -0.478 e. The topological polar surface area (TPSA) is 82.1 Å². The highest BCUT2D eigenvalue weighted by atomic mass is 16.6. The van der Waals surface area contributed by atoms with E-state index in [1.165, 1.54) is 12.1 Å². The number of carbonyl (C=O) groups excluding carboxylic acids is 1. The van der Waals surface area contributed by atoms with Crippen LogP contribution in [0.25, 0.3) is 0 Å². The molecule has 0 aromatic heterocycles. The summed E-state index contributed by atoms with van der Waals surface area (Å²) in [4.78, 5) is 23.7. The first kappa shape index (κ1) is 14.7. The third-order valence-corrected chi connectivity index (χ3v) is 5.29. The Hall–Kier alpha value is -1.92. The number of esters is 1. The minimum absolute atomic E-state index is 0.0475. The average Bonchev–Trinajstić information content (AvgIpc) is 2.96. The van der Waals surface area contributed by atoms with Crippen LogP contribution in [0.2, 0.25) is 0 Å². The molecule has 4 heterocycles. The van der Waals surface area contributed by atoms with Gasteiger partial charge in [-0.2, -0.15) is 0 Å². The Bertz CT molecular complexity index is 667. The highest BCUT2D eigenvalue weighted by Gasteiger charge is 2.65. The molecule has 5 unspecified atom stereocenters. The lowest BCUT2D eigenvalue weighted by Crippen LogP contribution is -2.49. The molecular weight excluding hydrogens is 300 g/mol. The maximum atomic E-state index is 12.5. The zero-order valence-corrected chi connectivity index (χ0v) is 12.8. The molecule has 0 aliphatic carbocycles. The fourth-order valence-corrected chi connectivity index (χ4v) is 4.16. The Morgan fingerprint density at radius 1 is 0.957 bits per heavy atom. The molecule has 0 spiro atoms. The zero-order chi connectivity index (χ0) is 16.3. The first-order valence-electron chi connectivity index (χ1n) is 7.83. The normalized spacial score (nSPS) is 40.3. The van der Waals surface area contributed by atoms with Crippen molar-refractivity contribution in [3.8, 4) is 0 Å². The van der Waals surface area contributed by atoms with E-state index in [9.17, 15) is 14.7 Å². The van der Waals surface area contributed by atoms with Gasteiger partial charge in [0.05, 0.1) is 23.3 Å². The number of carbonyl (C=O) groups is 2. The van der Waals surface area contributed by atoms with Gasteiger partial charge in [-0.25, -0.2) is 9.59 Å². The van der Waals surface area contributed by atoms with E-state index in [0.717, 1.165) is 0 Å². The molecular formula is C17H18O6. The van der Waals surface area contributed by atoms with Crippen molar-refractivity contribution >= 4 is 11.9 Å². The standard InChI is InChI=1S/C17H18O6/c1-7-11-8(2)13-15(14(21-11)12(7)22-13)23-17(20)10-6-4-3-5-9(10)16(18)19/h3-8,11-15H,1-2H3,(H,18,19)/t7?,8?,11?,12-,13+,14?,15?/m1/s1. The zero-order valence-electron chi connectivity index (χ0n) is 12.8. The number of carboxylic acid groups (broad SMARTS) is 1. The molecule has 4 saturated heterocycles. The van der Waals surface area contributed by atoms with Gasteiger partial charge >= 0.3 is 11.9 Å². The molecule has 4 fully saturated rings. The van der Waals surface area contributed by atoms with E-state index < -0.39 is 18.0 Å². The number of benzene rings is 1. The number of hydrogen-bond donors (Lipinski definition) is 1. The van der Waals surface area contributed by atoms with Gasteiger partial charge in [-0.1, -0.05) is 26.0 Å². The maximum absolute atomic E-state index is 12.5. The molecule has 122 valence electrons. The van der Waals surface area contributed by atoms with E-state index in [0.29, 0.717) is 0 Å². The quantitative estimate of drug-likeness (QED) is 0.855. The Labute approximate surface area is 133 Å². The van der Waals surface area contributed by atoms with Crippen LogP contribution in [0.15, 0.2) is 24.3 Å². The van der Waals surface area contributed by atoms with Crippen molar-refractivity contribution < 1.29 is 28.9 Å². The van der Waals surface area contributed by atoms with Crippen LogP contribution in [0.3, 0.4) is 0 Å². The fourth-order valence-electron chi connectivity index (χ4n) is 4.16. The van der Waals surface area contributed by atoms with Crippen LogP contribution in [0.1, 0.15) is 34.6 Å². The summed E-state index contributed by atoms with van der Waals surface area (Å²) in [5.41, 5.74) is -0.00812. The van der Waals surface area contributed by atoms with Gasteiger partial charge < -0.3 is 19.3 Å². The number of ether oxygens (including phenoxy) is 3. The summed E-state index contributed by atoms with van der Waals surface area (Å²) in [5.74, 6) is -1.37. The van der Waals surface area contributed by atoms with Gasteiger partial charge in [-0.05, 0) is 12.1 Å². The van der Waals surface area contributed by atoms with Crippen LogP contribution in [0.5, 0.6) is 0 Å². The van der Waals surface area contributed by atoms with Crippen molar-refractivity contribution in [1.29, 1.82) is 0 Å². The molecule has 6 heteroatoms. The number of carboxylic acids is 1. The van der Waals surface area contributed by atoms with Crippen LogP contribution in [-0.4, -0.2) is 47.6 Å². The second-order valence-electron chi connectivity index (χ2n) is 6.57. The third kappa shape index (κ3) is 2.01. The molecule has 1 N–H and O–H groups in total. The number of rotatable bonds is 3. The fraction of sp³-hybridized carbons (Fsp3) is 0.529. The van der Waals surface area contributed by atoms with E-state index in [4.69, 9.17) is 14.2 Å². The molecule has 0 amide bonds. The Morgan fingerprint density at radius 2 is 1.57 bits per heavy atom. The molecule has 4 bridgehead atoms. The van der Waals surface area contributed by atoms with Crippen LogP contribution < -0.4 is 0 Å². The molecule has 1 aromatic carbocycles. The SMILES string of the molecule is CC1C2OC3C(OC(=O)c4ccccc4C(=O)O)[C@@H](O[C@H]13)C2C. The van der Waals surface area contributed by atoms with Crippen molar-refractivity contribution in [3.63, 3.8) is 0 Å². The summed E-state index contributed by atoms with van der Waals surface area (Å²) in [6, 6.07) is 6.05. The maximum Gasteiger partial charge on any atom is 0.339 e. The van der Waals surface area contributed by atoms with Crippen molar-refractivity contribution in [2.45, 2.75) is 44.4 Å². The van der Waals surface area contributed by atoms with Gasteiger partial charge in [0.2, 0.25) is 0 Å². The third-order valence-electron chi connectivity index (χ3n) is 5.29. The van der Waals surface area contributed by atoms with E-state index in [-0.39, 0.29) is 47.4 Å². The van der Waals surface area contributed by atoms with Crippen molar-refractivity contribution in [2.75, 3.05) is 0 Å². The molecule has 5 rings (SSSR count). The van der Waals surface area contributed by atoms with Crippen molar-refractivity contribution in [3.05, 3.63) is 35.4 Å². The van der Waals surface area contributed by atoms with E-state index in [2.05, 4.69) is 6.92 Å². The summed E-state index contributed by atoms with van der Waals surface area (Å²) >= 11 is 0. The van der Waals surface area contributed by atoms with Crippen LogP contribution in [0, 0.1) is 11.8 Å². The molecule has 7 atom stereocenters. The lowest BCUT2D eigenvalue weighted by atomic mass is 9.87. The van der Waals surface area contributed by atoms with E-state index in [1.807, 2.05) is 6.92 Å². The number of hydrogen-bond acceptors (Lipinski definition) is 5. The van der Waals surface area contributed by atoms with Gasteiger partial charge in [0, 0.05) is 11.8 Å². The lowest BCUT2D eigenvalue weighted by molar-refractivity contribution is -0.152. The largest absolute Gasteiger partial charge is 0.478 e. The first-order valence-corrected chi connectivity index (χ1v) is 7.83. The number of aromatic carboxylic acids is 1. The lowest BCUT2D eigenvalue weighted by Gasteiger charge is -2.38. The first-order chi connectivity index (χ1) is 11.0. The summed E-state index contributed by atoms with van der Waals surface area (Å²) in [7, 11) is 0. The minimum atomic E-state index is -1.15. The van der Waals surface area contributed by atoms with Crippen LogP contribution in [0.4, 0.5) is 0 Å². The van der Waals surface area contributed by atoms with Gasteiger partial charge in [0.15, 0.2) is 6.10 Å². The monoisotopic (exact) mass is 318 g/mol. The smallest absolute Gasteiger partial charge is 0.339 e. The van der Waals surface area contributed by atoms with Crippen LogP contribution in [-0.2, 0) is 14.2 Å². The van der Waals surface area contributed by atoms with Crippen molar-refractivity contribution in [1.82, 2.24) is 0 Å². The highest BCUT2D eigenvalue weighted by molar-refractivity contribution is 6.02. The Kier molecular flexibility index (Phi) is 3.21. The molecule has 4 aliphatic rings. The van der Waals surface area contributed by atoms with Crippen molar-refractivity contribution in [2.24, 2.45) is 11.8 Å². The second kappa shape index (κ2) is 5.04. The van der Waals surface area contributed by atoms with E-state index in [1.54, 1.807) is 12.1 Å². The summed E-state index contributed by atoms with van der Waals surface area (Å²) < 4.78 is 17.6. The molecule has 0 radical (unpaired) electrons. The summed E-state index contributed by atoms with van der Waals surface area (Å²) in [6.45, 7) is 4.13. The second-order valence-corrected chi connectivity index (χ2v) is 6.57. The molecule has 6 nitrogen and oxygen atoms in total. The van der Waals surface area contributed by atoms with Gasteiger partial charge in [0.1, 0.15) is 12.2 Å². The average molecular weight is 318 g/mol. The summed E-state index contributed by atoms with van der Waals surface area (Å²) in [5, 5.41) is 9.21. The Morgan fingerprint density at radius 3 is 2.26 bits per heavy atom. The predicted molar refractivity (Wildman–Crippen MR) is 78.3 cm³/mol. The van der Waals surface area contributed by atoms with Gasteiger partial charge in [0.25, 0.3) is 0 Å². The Balaban J connectivity index is 1.58. The predicted octanol–water partition coefficient (Wildman–Crippen LogP) is 1.73. The molecule has 4 aliphatic heterocycles. The van der Waals surface area contributed by atoms with Gasteiger partial charge in [-0.15, -0.1) is 0 Å². The van der Waals surface area contributed by atoms with Crippen LogP contribution >= 0.6 is 0 Å². The summed E-state index contributed by atoms with van der Waals surface area (Å²) in [6.07, 6.45) is -0.817. The highest BCUT2D eigenvalue weighted by Crippen LogP contribution is 2.50. The van der Waals surface area contributed by atoms with Gasteiger partial charge in [-0.3, -0.25) is 0 Å². The molecule has 1 aromatic rings.